The number of nitrogens with zero attached hydrogens (tertiary/aromatic N) is 3. The quantitative estimate of drug-likeness (QED) is 0.204. The smallest absolute Gasteiger partial charge is 0.191 e. The van der Waals surface area contributed by atoms with Gasteiger partial charge in [-0.15, -0.1) is 24.0 Å². The summed E-state index contributed by atoms with van der Waals surface area (Å²) in [5, 5.41) is 6.75. The highest BCUT2D eigenvalue weighted by atomic mass is 127. The predicted octanol–water partition coefficient (Wildman–Crippen LogP) is 4.28. The van der Waals surface area contributed by atoms with Gasteiger partial charge in [0.05, 0.1) is 6.61 Å². The molecule has 0 bridgehead atoms. The molecule has 1 aromatic carbocycles. The second kappa shape index (κ2) is 15.0. The molecule has 1 aliphatic heterocycles. The normalized spacial score (nSPS) is 14.3. The number of halogens is 1. The summed E-state index contributed by atoms with van der Waals surface area (Å²) in [7, 11) is 3.46. The Balaban J connectivity index is 0.00000385. The standard InChI is InChI=1S/C25H37N5O2.HI/c1-20-8-10-22(23(16-20)32-15-14-31-3)19-29-25(26-2)28-18-21-9-11-24(27-17-21)30-12-6-4-5-7-13-30;/h8-11,16-17H,4-7,12-15,18-19H2,1-3H3,(H2,26,28,29);1H. The fourth-order valence-corrected chi connectivity index (χ4v) is 3.77. The molecule has 0 radical (unpaired) electrons. The van der Waals surface area contributed by atoms with E-state index >= 15 is 0 Å². The highest BCUT2D eigenvalue weighted by Gasteiger charge is 2.11. The highest BCUT2D eigenvalue weighted by molar-refractivity contribution is 14.0. The van der Waals surface area contributed by atoms with Crippen molar-refractivity contribution in [1.29, 1.82) is 0 Å². The second-order valence-electron chi connectivity index (χ2n) is 8.16. The molecule has 8 heteroatoms. The van der Waals surface area contributed by atoms with Crippen LogP contribution in [0.25, 0.3) is 0 Å². The van der Waals surface area contributed by atoms with Crippen molar-refractivity contribution < 1.29 is 9.47 Å². The number of benzene rings is 1. The minimum atomic E-state index is 0. The molecule has 2 heterocycles. The number of aromatic nitrogens is 1. The van der Waals surface area contributed by atoms with Crippen LogP contribution in [-0.4, -0.2) is 51.4 Å². The molecule has 0 unspecified atom stereocenters. The van der Waals surface area contributed by atoms with Crippen LogP contribution >= 0.6 is 24.0 Å². The fourth-order valence-electron chi connectivity index (χ4n) is 3.77. The molecule has 182 valence electrons. The van der Waals surface area contributed by atoms with Crippen LogP contribution in [0.2, 0.25) is 0 Å². The van der Waals surface area contributed by atoms with E-state index in [1.54, 1.807) is 14.2 Å². The topological polar surface area (TPSA) is 71.0 Å². The molecule has 0 atom stereocenters. The molecule has 1 aromatic heterocycles. The Morgan fingerprint density at radius 1 is 1.03 bits per heavy atom. The minimum absolute atomic E-state index is 0. The number of hydrogen-bond donors (Lipinski definition) is 2. The number of rotatable bonds is 9. The minimum Gasteiger partial charge on any atom is -0.491 e. The predicted molar refractivity (Wildman–Crippen MR) is 146 cm³/mol. The van der Waals surface area contributed by atoms with Crippen molar-refractivity contribution in [2.75, 3.05) is 45.4 Å². The molecular weight excluding hydrogens is 529 g/mol. The van der Waals surface area contributed by atoms with Crippen molar-refractivity contribution in [2.45, 2.75) is 45.7 Å². The molecular formula is C25H38IN5O2. The molecule has 1 saturated heterocycles. The number of ether oxygens (including phenoxy) is 2. The number of guanidine groups is 1. The van der Waals surface area contributed by atoms with E-state index in [1.807, 2.05) is 6.20 Å². The first-order valence-corrected chi connectivity index (χ1v) is 11.6. The van der Waals surface area contributed by atoms with Gasteiger partial charge in [0.1, 0.15) is 18.2 Å². The molecule has 2 N–H and O–H groups in total. The fraction of sp³-hybridized carbons (Fsp3) is 0.520. The molecule has 0 amide bonds. The summed E-state index contributed by atoms with van der Waals surface area (Å²) >= 11 is 0. The van der Waals surface area contributed by atoms with Crippen molar-refractivity contribution in [3.05, 3.63) is 53.2 Å². The number of anilines is 1. The van der Waals surface area contributed by atoms with E-state index in [-0.39, 0.29) is 24.0 Å². The number of nitrogens with one attached hydrogen (secondary N) is 2. The molecule has 0 spiro atoms. The summed E-state index contributed by atoms with van der Waals surface area (Å²) in [5.74, 6) is 2.70. The first kappa shape index (κ1) is 27.2. The lowest BCUT2D eigenvalue weighted by Crippen LogP contribution is -2.36. The van der Waals surface area contributed by atoms with Gasteiger partial charge in [0, 0.05) is 52.1 Å². The molecule has 2 aromatic rings. The third-order valence-corrected chi connectivity index (χ3v) is 5.64. The van der Waals surface area contributed by atoms with E-state index in [0.717, 1.165) is 41.7 Å². The molecule has 0 saturated carbocycles. The van der Waals surface area contributed by atoms with Crippen LogP contribution in [0.3, 0.4) is 0 Å². The first-order chi connectivity index (χ1) is 15.7. The first-order valence-electron chi connectivity index (χ1n) is 11.6. The average molecular weight is 568 g/mol. The van der Waals surface area contributed by atoms with E-state index in [9.17, 15) is 0 Å². The maximum atomic E-state index is 5.89. The zero-order valence-corrected chi connectivity index (χ0v) is 22.4. The largest absolute Gasteiger partial charge is 0.491 e. The Morgan fingerprint density at radius 2 is 1.79 bits per heavy atom. The summed E-state index contributed by atoms with van der Waals surface area (Å²) in [6.45, 7) is 6.66. The van der Waals surface area contributed by atoms with Crippen molar-refractivity contribution in [3.8, 4) is 5.75 Å². The zero-order chi connectivity index (χ0) is 22.6. The van der Waals surface area contributed by atoms with Crippen LogP contribution < -0.4 is 20.3 Å². The molecule has 3 rings (SSSR count). The Kier molecular flexibility index (Phi) is 12.3. The van der Waals surface area contributed by atoms with Crippen LogP contribution in [0, 0.1) is 6.92 Å². The number of methoxy groups -OCH3 is 1. The van der Waals surface area contributed by atoms with Crippen LogP contribution in [0.15, 0.2) is 41.5 Å². The molecule has 33 heavy (non-hydrogen) atoms. The summed E-state index contributed by atoms with van der Waals surface area (Å²) in [6.07, 6.45) is 7.13. The Labute approximate surface area is 215 Å². The number of aliphatic imine (C=N–C) groups is 1. The second-order valence-corrected chi connectivity index (χ2v) is 8.16. The Morgan fingerprint density at radius 3 is 2.45 bits per heavy atom. The molecule has 1 fully saturated rings. The number of hydrogen-bond acceptors (Lipinski definition) is 5. The van der Waals surface area contributed by atoms with Gasteiger partial charge >= 0.3 is 0 Å². The van der Waals surface area contributed by atoms with E-state index < -0.39 is 0 Å². The van der Waals surface area contributed by atoms with Gasteiger partial charge in [0.15, 0.2) is 5.96 Å². The molecule has 0 aliphatic carbocycles. The SMILES string of the molecule is CN=C(NCc1ccc(N2CCCCCC2)nc1)NCc1ccc(C)cc1OCCOC.I. The monoisotopic (exact) mass is 567 g/mol. The molecule has 1 aliphatic rings. The van der Waals surface area contributed by atoms with Crippen molar-refractivity contribution in [2.24, 2.45) is 4.99 Å². The maximum absolute atomic E-state index is 5.89. The van der Waals surface area contributed by atoms with Crippen molar-refractivity contribution in [3.63, 3.8) is 0 Å². The number of aryl methyl sites for hydroxylation is 1. The van der Waals surface area contributed by atoms with E-state index in [4.69, 9.17) is 14.5 Å². The zero-order valence-electron chi connectivity index (χ0n) is 20.1. The number of pyridine rings is 1. The lowest BCUT2D eigenvalue weighted by Gasteiger charge is -2.21. The summed E-state index contributed by atoms with van der Waals surface area (Å²) in [4.78, 5) is 11.4. The van der Waals surface area contributed by atoms with Gasteiger partial charge < -0.3 is 25.0 Å². The van der Waals surface area contributed by atoms with Crippen LogP contribution in [0.1, 0.15) is 42.4 Å². The van der Waals surface area contributed by atoms with Gasteiger partial charge in [-0.2, -0.15) is 0 Å². The van der Waals surface area contributed by atoms with Gasteiger partial charge in [-0.25, -0.2) is 4.98 Å². The lowest BCUT2D eigenvalue weighted by molar-refractivity contribution is 0.145. The van der Waals surface area contributed by atoms with Crippen LogP contribution in [0.5, 0.6) is 5.75 Å². The van der Waals surface area contributed by atoms with Gasteiger partial charge in [-0.3, -0.25) is 4.99 Å². The Hall–Kier alpha value is -2.07. The summed E-state index contributed by atoms with van der Waals surface area (Å²) in [6, 6.07) is 10.5. The van der Waals surface area contributed by atoms with Gasteiger partial charge in [-0.1, -0.05) is 31.0 Å². The van der Waals surface area contributed by atoms with E-state index in [0.29, 0.717) is 26.3 Å². The average Bonchev–Trinajstić information content (AvgIpc) is 3.10. The summed E-state index contributed by atoms with van der Waals surface area (Å²) < 4.78 is 11.0. The summed E-state index contributed by atoms with van der Waals surface area (Å²) in [5.41, 5.74) is 3.38. The van der Waals surface area contributed by atoms with Crippen LogP contribution in [0.4, 0.5) is 5.82 Å². The Bertz CT molecular complexity index is 852. The maximum Gasteiger partial charge on any atom is 0.191 e. The van der Waals surface area contributed by atoms with Crippen molar-refractivity contribution in [1.82, 2.24) is 15.6 Å². The molecule has 7 nitrogen and oxygen atoms in total. The van der Waals surface area contributed by atoms with Crippen molar-refractivity contribution >= 4 is 35.8 Å². The van der Waals surface area contributed by atoms with E-state index in [2.05, 4.69) is 57.8 Å². The van der Waals surface area contributed by atoms with E-state index in [1.165, 1.54) is 31.2 Å². The van der Waals surface area contributed by atoms with Gasteiger partial charge in [0.2, 0.25) is 0 Å². The van der Waals surface area contributed by atoms with Gasteiger partial charge in [0.25, 0.3) is 0 Å². The third-order valence-electron chi connectivity index (χ3n) is 5.64. The lowest BCUT2D eigenvalue weighted by atomic mass is 10.1. The third kappa shape index (κ3) is 9.00. The van der Waals surface area contributed by atoms with Crippen LogP contribution in [-0.2, 0) is 17.8 Å². The highest BCUT2D eigenvalue weighted by Crippen LogP contribution is 2.20. The van der Waals surface area contributed by atoms with Gasteiger partial charge in [-0.05, 0) is 43.0 Å².